The first kappa shape index (κ1) is 14.8. The number of nitrogen functional groups attached to an aromatic ring is 1. The molecule has 2 rings (SSSR count). The lowest BCUT2D eigenvalue weighted by Gasteiger charge is -2.31. The second kappa shape index (κ2) is 5.39. The molecule has 1 saturated heterocycles. The lowest BCUT2D eigenvalue weighted by atomic mass is 10.2. The zero-order valence-corrected chi connectivity index (χ0v) is 11.9. The van der Waals surface area contributed by atoms with Gasteiger partial charge in [0.15, 0.2) is 0 Å². The number of anilines is 1. The first-order valence-corrected chi connectivity index (χ1v) is 7.58. The number of rotatable bonds is 3. The Balaban J connectivity index is 2.43. The molecule has 1 heterocycles. The van der Waals surface area contributed by atoms with Gasteiger partial charge in [0.25, 0.3) is 0 Å². The minimum absolute atomic E-state index is 0.225. The molecule has 1 aliphatic rings. The molecule has 1 fully saturated rings. The molecule has 1 aliphatic heterocycles. The Morgan fingerprint density at radius 2 is 1.85 bits per heavy atom. The van der Waals surface area contributed by atoms with Gasteiger partial charge in [-0.15, -0.1) is 0 Å². The molecule has 1 aromatic rings. The SMILES string of the molecule is CN1CCN(S(=O)(=O)c2cc(N)ccc2C(=O)O)CC1. The van der Waals surface area contributed by atoms with E-state index in [1.54, 1.807) is 0 Å². The molecule has 110 valence electrons. The maximum Gasteiger partial charge on any atom is 0.337 e. The van der Waals surface area contributed by atoms with Crippen LogP contribution in [-0.4, -0.2) is 61.9 Å². The van der Waals surface area contributed by atoms with Crippen molar-refractivity contribution in [1.82, 2.24) is 9.21 Å². The molecule has 0 spiro atoms. The third-order valence-corrected chi connectivity index (χ3v) is 5.25. The predicted octanol–water partition coefficient (Wildman–Crippen LogP) is -0.0969. The zero-order valence-electron chi connectivity index (χ0n) is 11.1. The number of carboxylic acid groups (broad SMARTS) is 1. The molecule has 0 atom stereocenters. The maximum atomic E-state index is 12.6. The normalized spacial score (nSPS) is 18.1. The largest absolute Gasteiger partial charge is 0.478 e. The fourth-order valence-electron chi connectivity index (χ4n) is 2.10. The van der Waals surface area contributed by atoms with Gasteiger partial charge >= 0.3 is 5.97 Å². The quantitative estimate of drug-likeness (QED) is 0.756. The molecule has 0 aliphatic carbocycles. The Bertz CT molecular complexity index is 622. The van der Waals surface area contributed by atoms with Gasteiger partial charge in [-0.3, -0.25) is 0 Å². The average Bonchev–Trinajstić information content (AvgIpc) is 2.38. The Kier molecular flexibility index (Phi) is 3.98. The highest BCUT2D eigenvalue weighted by Gasteiger charge is 2.31. The fourth-order valence-corrected chi connectivity index (χ4v) is 3.74. The van der Waals surface area contributed by atoms with Gasteiger partial charge in [-0.2, -0.15) is 4.31 Å². The monoisotopic (exact) mass is 299 g/mol. The van der Waals surface area contributed by atoms with Crippen LogP contribution < -0.4 is 5.73 Å². The van der Waals surface area contributed by atoms with Crippen LogP contribution in [0.1, 0.15) is 10.4 Å². The fraction of sp³-hybridized carbons (Fsp3) is 0.417. The summed E-state index contributed by atoms with van der Waals surface area (Å²) >= 11 is 0. The second-order valence-electron chi connectivity index (χ2n) is 4.77. The van der Waals surface area contributed by atoms with Crippen LogP contribution >= 0.6 is 0 Å². The molecule has 20 heavy (non-hydrogen) atoms. The minimum Gasteiger partial charge on any atom is -0.478 e. The van der Waals surface area contributed by atoms with Gasteiger partial charge in [-0.1, -0.05) is 0 Å². The number of hydrogen-bond acceptors (Lipinski definition) is 5. The van der Waals surface area contributed by atoms with Crippen LogP contribution in [0, 0.1) is 0 Å². The number of carboxylic acids is 1. The first-order chi connectivity index (χ1) is 9.32. The molecule has 0 unspecified atom stereocenters. The van der Waals surface area contributed by atoms with Crippen molar-refractivity contribution in [2.75, 3.05) is 39.0 Å². The van der Waals surface area contributed by atoms with Crippen molar-refractivity contribution in [2.45, 2.75) is 4.90 Å². The molecule has 0 amide bonds. The van der Waals surface area contributed by atoms with E-state index in [1.807, 2.05) is 11.9 Å². The second-order valence-corrected chi connectivity index (χ2v) is 6.67. The highest BCUT2D eigenvalue weighted by molar-refractivity contribution is 7.89. The number of likely N-dealkylation sites (N-methyl/N-ethyl adjacent to an activating group) is 1. The summed E-state index contributed by atoms with van der Waals surface area (Å²) in [6.07, 6.45) is 0. The highest BCUT2D eigenvalue weighted by atomic mass is 32.2. The molecular weight excluding hydrogens is 282 g/mol. The Labute approximate surface area is 117 Å². The number of aromatic carboxylic acids is 1. The van der Waals surface area contributed by atoms with E-state index in [9.17, 15) is 13.2 Å². The van der Waals surface area contributed by atoms with Gasteiger partial charge in [0.05, 0.1) is 10.5 Å². The van der Waals surface area contributed by atoms with E-state index in [0.29, 0.717) is 26.2 Å². The number of sulfonamides is 1. The van der Waals surface area contributed by atoms with Crippen molar-refractivity contribution < 1.29 is 18.3 Å². The smallest absolute Gasteiger partial charge is 0.337 e. The van der Waals surface area contributed by atoms with Crippen LogP contribution in [0.4, 0.5) is 5.69 Å². The number of carbonyl (C=O) groups is 1. The average molecular weight is 299 g/mol. The van der Waals surface area contributed by atoms with E-state index < -0.39 is 16.0 Å². The van der Waals surface area contributed by atoms with Crippen LogP contribution in [0.3, 0.4) is 0 Å². The van der Waals surface area contributed by atoms with Crippen LogP contribution in [0.25, 0.3) is 0 Å². The minimum atomic E-state index is -3.84. The van der Waals surface area contributed by atoms with Crippen molar-refractivity contribution in [3.05, 3.63) is 23.8 Å². The van der Waals surface area contributed by atoms with Crippen LogP contribution in [0.2, 0.25) is 0 Å². The van der Waals surface area contributed by atoms with Gasteiger partial charge in [-0.25, -0.2) is 13.2 Å². The van der Waals surface area contributed by atoms with E-state index in [0.717, 1.165) is 0 Å². The molecule has 7 nitrogen and oxygen atoms in total. The molecular formula is C12H17N3O4S. The van der Waals surface area contributed by atoms with E-state index in [4.69, 9.17) is 10.8 Å². The van der Waals surface area contributed by atoms with Gasteiger partial charge in [0, 0.05) is 31.9 Å². The lowest BCUT2D eigenvalue weighted by Crippen LogP contribution is -2.47. The lowest BCUT2D eigenvalue weighted by molar-refractivity contribution is 0.0692. The summed E-state index contributed by atoms with van der Waals surface area (Å²) in [4.78, 5) is 13.0. The number of nitrogens with two attached hydrogens (primary N) is 1. The summed E-state index contributed by atoms with van der Waals surface area (Å²) < 4.78 is 26.4. The molecule has 0 saturated carbocycles. The van der Waals surface area contributed by atoms with Crippen molar-refractivity contribution in [3.8, 4) is 0 Å². The standard InChI is InChI=1S/C12H17N3O4S/c1-14-4-6-15(7-5-14)20(18,19)11-8-9(13)2-3-10(11)12(16)17/h2-3,8H,4-7,13H2,1H3,(H,16,17). The van der Waals surface area contributed by atoms with Crippen LogP contribution in [0.15, 0.2) is 23.1 Å². The van der Waals surface area contributed by atoms with Gasteiger partial charge in [-0.05, 0) is 25.2 Å². The molecule has 0 aromatic heterocycles. The molecule has 3 N–H and O–H groups in total. The number of hydrogen-bond donors (Lipinski definition) is 2. The Morgan fingerprint density at radius 3 is 2.40 bits per heavy atom. The number of benzene rings is 1. The van der Waals surface area contributed by atoms with Gasteiger partial charge in [0.1, 0.15) is 0 Å². The Hall–Kier alpha value is -1.64. The summed E-state index contributed by atoms with van der Waals surface area (Å²) in [6, 6.07) is 3.81. The van der Waals surface area contributed by atoms with E-state index in [-0.39, 0.29) is 16.1 Å². The summed E-state index contributed by atoms with van der Waals surface area (Å²) in [5, 5.41) is 9.13. The number of nitrogens with zero attached hydrogens (tertiary/aromatic N) is 2. The topological polar surface area (TPSA) is 104 Å². The summed E-state index contributed by atoms with van der Waals surface area (Å²) in [5.41, 5.74) is 5.56. The number of piperazine rings is 1. The third-order valence-electron chi connectivity index (χ3n) is 3.32. The molecule has 1 aromatic carbocycles. The molecule has 0 bridgehead atoms. The first-order valence-electron chi connectivity index (χ1n) is 6.14. The summed E-state index contributed by atoms with van der Waals surface area (Å²) in [5.74, 6) is -1.28. The van der Waals surface area contributed by atoms with Crippen LogP contribution in [-0.2, 0) is 10.0 Å². The molecule has 0 radical (unpaired) electrons. The molecule has 8 heteroatoms. The van der Waals surface area contributed by atoms with E-state index in [2.05, 4.69) is 0 Å². The van der Waals surface area contributed by atoms with Gasteiger partial charge in [0.2, 0.25) is 10.0 Å². The summed E-state index contributed by atoms with van der Waals surface area (Å²) in [6.45, 7) is 1.91. The van der Waals surface area contributed by atoms with E-state index in [1.165, 1.54) is 22.5 Å². The maximum absolute atomic E-state index is 12.6. The van der Waals surface area contributed by atoms with E-state index >= 15 is 0 Å². The van der Waals surface area contributed by atoms with Crippen molar-refractivity contribution >= 4 is 21.7 Å². The predicted molar refractivity (Wildman–Crippen MR) is 74.1 cm³/mol. The van der Waals surface area contributed by atoms with Crippen molar-refractivity contribution in [1.29, 1.82) is 0 Å². The highest BCUT2D eigenvalue weighted by Crippen LogP contribution is 2.24. The summed E-state index contributed by atoms with van der Waals surface area (Å²) in [7, 11) is -1.93. The van der Waals surface area contributed by atoms with Crippen molar-refractivity contribution in [2.24, 2.45) is 0 Å². The van der Waals surface area contributed by atoms with Crippen molar-refractivity contribution in [3.63, 3.8) is 0 Å². The Morgan fingerprint density at radius 1 is 1.25 bits per heavy atom. The van der Waals surface area contributed by atoms with Crippen LogP contribution in [0.5, 0.6) is 0 Å². The zero-order chi connectivity index (χ0) is 14.9. The van der Waals surface area contributed by atoms with Gasteiger partial charge < -0.3 is 15.7 Å². The third kappa shape index (κ3) is 2.77.